The molecular formula is C12H25N3O. The van der Waals surface area contributed by atoms with Gasteiger partial charge in [-0.3, -0.25) is 9.69 Å². The molecule has 0 saturated heterocycles. The van der Waals surface area contributed by atoms with Crippen LogP contribution in [0.3, 0.4) is 0 Å². The molecule has 4 heteroatoms. The van der Waals surface area contributed by atoms with Crippen LogP contribution in [0, 0.1) is 0 Å². The van der Waals surface area contributed by atoms with E-state index in [1.165, 1.54) is 25.7 Å². The van der Waals surface area contributed by atoms with E-state index < -0.39 is 0 Å². The monoisotopic (exact) mass is 227 g/mol. The molecule has 16 heavy (non-hydrogen) atoms. The largest absolute Gasteiger partial charge is 0.359 e. The number of carbonyl (C=O) groups is 1. The average molecular weight is 227 g/mol. The van der Waals surface area contributed by atoms with Crippen molar-refractivity contribution in [2.75, 3.05) is 20.1 Å². The van der Waals surface area contributed by atoms with Crippen LogP contribution in [0.25, 0.3) is 0 Å². The van der Waals surface area contributed by atoms with Gasteiger partial charge in [-0.05, 0) is 25.8 Å². The maximum atomic E-state index is 11.4. The molecule has 1 saturated carbocycles. The first-order chi connectivity index (χ1) is 7.72. The fraction of sp³-hybridized carbons (Fsp3) is 0.917. The molecule has 3 N–H and O–H groups in total. The van der Waals surface area contributed by atoms with Crippen molar-refractivity contribution in [3.63, 3.8) is 0 Å². The number of hydrogen-bond acceptors (Lipinski definition) is 3. The van der Waals surface area contributed by atoms with Crippen molar-refractivity contribution in [3.8, 4) is 0 Å². The van der Waals surface area contributed by atoms with Crippen LogP contribution in [0.4, 0.5) is 0 Å². The van der Waals surface area contributed by atoms with Crippen molar-refractivity contribution in [1.29, 1.82) is 0 Å². The Balaban J connectivity index is 2.47. The average Bonchev–Trinajstić information content (AvgIpc) is 3.11. The Kier molecular flexibility index (Phi) is 5.77. The smallest absolute Gasteiger partial charge is 0.221 e. The van der Waals surface area contributed by atoms with Gasteiger partial charge in [0, 0.05) is 32.1 Å². The number of nitrogens with two attached hydrogens (primary N) is 1. The number of unbranched alkanes of at least 4 members (excludes halogenated alkanes) is 1. The number of hydrogen-bond donors (Lipinski definition) is 2. The highest BCUT2D eigenvalue weighted by Gasteiger charge is 2.33. The second kappa shape index (κ2) is 6.86. The molecular weight excluding hydrogens is 202 g/mol. The van der Waals surface area contributed by atoms with E-state index in [0.717, 1.165) is 6.54 Å². The van der Waals surface area contributed by atoms with Crippen molar-refractivity contribution in [3.05, 3.63) is 0 Å². The van der Waals surface area contributed by atoms with E-state index in [0.29, 0.717) is 19.0 Å². The van der Waals surface area contributed by atoms with E-state index in [1.54, 1.807) is 7.05 Å². The molecule has 4 nitrogen and oxygen atoms in total. The summed E-state index contributed by atoms with van der Waals surface area (Å²) in [5.74, 6) is 0.0950. The van der Waals surface area contributed by atoms with Crippen molar-refractivity contribution in [1.82, 2.24) is 10.2 Å². The van der Waals surface area contributed by atoms with Gasteiger partial charge in [0.15, 0.2) is 0 Å². The van der Waals surface area contributed by atoms with E-state index in [2.05, 4.69) is 17.1 Å². The number of amides is 1. The molecule has 0 aromatic carbocycles. The Morgan fingerprint density at radius 1 is 1.56 bits per heavy atom. The Bertz CT molecular complexity index is 216. The molecule has 0 aliphatic heterocycles. The lowest BCUT2D eigenvalue weighted by Gasteiger charge is -2.30. The second-order valence-corrected chi connectivity index (χ2v) is 4.59. The molecule has 1 unspecified atom stereocenters. The summed E-state index contributed by atoms with van der Waals surface area (Å²) in [6.07, 6.45) is 5.47. The van der Waals surface area contributed by atoms with Crippen LogP contribution in [0.15, 0.2) is 0 Å². The third kappa shape index (κ3) is 4.10. The molecule has 1 aliphatic rings. The number of carbonyl (C=O) groups excluding carboxylic acids is 1. The number of nitrogens with zero attached hydrogens (tertiary/aromatic N) is 1. The van der Waals surface area contributed by atoms with Gasteiger partial charge in [-0.2, -0.15) is 0 Å². The fourth-order valence-corrected chi connectivity index (χ4v) is 2.06. The Morgan fingerprint density at radius 3 is 2.69 bits per heavy atom. The highest BCUT2D eigenvalue weighted by atomic mass is 16.1. The van der Waals surface area contributed by atoms with Crippen LogP contribution in [-0.4, -0.2) is 43.0 Å². The summed E-state index contributed by atoms with van der Waals surface area (Å²) in [7, 11) is 1.68. The third-order valence-electron chi connectivity index (χ3n) is 3.23. The van der Waals surface area contributed by atoms with Gasteiger partial charge in [0.25, 0.3) is 0 Å². The molecule has 0 spiro atoms. The normalized spacial score (nSPS) is 17.5. The molecule has 1 amide bonds. The lowest BCUT2D eigenvalue weighted by atomic mass is 10.1. The summed E-state index contributed by atoms with van der Waals surface area (Å²) in [6, 6.07) is 0.906. The van der Waals surface area contributed by atoms with Crippen LogP contribution < -0.4 is 11.1 Å². The molecule has 1 rings (SSSR count). The van der Waals surface area contributed by atoms with Crippen molar-refractivity contribution in [2.45, 2.75) is 51.1 Å². The summed E-state index contributed by atoms with van der Waals surface area (Å²) >= 11 is 0. The summed E-state index contributed by atoms with van der Waals surface area (Å²) in [5.41, 5.74) is 5.79. The maximum Gasteiger partial charge on any atom is 0.221 e. The van der Waals surface area contributed by atoms with E-state index in [9.17, 15) is 4.79 Å². The first-order valence-electron chi connectivity index (χ1n) is 6.39. The van der Waals surface area contributed by atoms with Crippen molar-refractivity contribution < 1.29 is 4.79 Å². The Labute approximate surface area is 98.6 Å². The highest BCUT2D eigenvalue weighted by molar-refractivity contribution is 5.76. The molecule has 0 heterocycles. The van der Waals surface area contributed by atoms with Gasteiger partial charge in [-0.15, -0.1) is 0 Å². The summed E-state index contributed by atoms with van der Waals surface area (Å²) < 4.78 is 0. The van der Waals surface area contributed by atoms with E-state index >= 15 is 0 Å². The van der Waals surface area contributed by atoms with Crippen LogP contribution in [0.5, 0.6) is 0 Å². The first-order valence-corrected chi connectivity index (χ1v) is 6.39. The zero-order valence-corrected chi connectivity index (χ0v) is 10.5. The zero-order valence-electron chi connectivity index (χ0n) is 10.5. The minimum absolute atomic E-state index is 0.0950. The van der Waals surface area contributed by atoms with Gasteiger partial charge in [0.05, 0.1) is 0 Å². The van der Waals surface area contributed by atoms with Crippen molar-refractivity contribution in [2.24, 2.45) is 5.73 Å². The second-order valence-electron chi connectivity index (χ2n) is 4.59. The Hall–Kier alpha value is -0.610. The molecule has 94 valence electrons. The first kappa shape index (κ1) is 13.5. The highest BCUT2D eigenvalue weighted by Crippen LogP contribution is 2.29. The minimum atomic E-state index is 0.0950. The predicted octanol–water partition coefficient (Wildman–Crippen LogP) is 0.714. The van der Waals surface area contributed by atoms with E-state index in [4.69, 9.17) is 5.73 Å². The standard InChI is InChI=1S/C12H25N3O/c1-3-4-7-15(10-5-6-10)11(9-13)8-12(16)14-2/h10-11H,3-9,13H2,1-2H3,(H,14,16). The third-order valence-corrected chi connectivity index (χ3v) is 3.23. The molecule has 0 radical (unpaired) electrons. The van der Waals surface area contributed by atoms with Gasteiger partial charge in [0.1, 0.15) is 0 Å². The van der Waals surface area contributed by atoms with E-state index in [1.807, 2.05) is 0 Å². The summed E-state index contributed by atoms with van der Waals surface area (Å²) in [4.78, 5) is 13.9. The van der Waals surface area contributed by atoms with Crippen LogP contribution >= 0.6 is 0 Å². The number of rotatable bonds is 8. The van der Waals surface area contributed by atoms with Crippen LogP contribution in [-0.2, 0) is 4.79 Å². The van der Waals surface area contributed by atoms with Crippen LogP contribution in [0.1, 0.15) is 39.0 Å². The quantitative estimate of drug-likeness (QED) is 0.642. The van der Waals surface area contributed by atoms with Crippen LogP contribution in [0.2, 0.25) is 0 Å². The lowest BCUT2D eigenvalue weighted by molar-refractivity contribution is -0.121. The minimum Gasteiger partial charge on any atom is -0.359 e. The van der Waals surface area contributed by atoms with Gasteiger partial charge < -0.3 is 11.1 Å². The van der Waals surface area contributed by atoms with Crippen molar-refractivity contribution >= 4 is 5.91 Å². The van der Waals surface area contributed by atoms with E-state index in [-0.39, 0.29) is 11.9 Å². The van der Waals surface area contributed by atoms with Gasteiger partial charge >= 0.3 is 0 Å². The van der Waals surface area contributed by atoms with Gasteiger partial charge in [0.2, 0.25) is 5.91 Å². The predicted molar refractivity (Wildman–Crippen MR) is 66.2 cm³/mol. The Morgan fingerprint density at radius 2 is 2.25 bits per heavy atom. The zero-order chi connectivity index (χ0) is 12.0. The molecule has 0 aromatic rings. The molecule has 1 aliphatic carbocycles. The maximum absolute atomic E-state index is 11.4. The van der Waals surface area contributed by atoms with Gasteiger partial charge in [-0.25, -0.2) is 0 Å². The molecule has 0 aromatic heterocycles. The summed E-state index contributed by atoms with van der Waals surface area (Å²) in [5, 5.41) is 2.68. The topological polar surface area (TPSA) is 58.4 Å². The number of nitrogens with one attached hydrogen (secondary N) is 1. The van der Waals surface area contributed by atoms with Gasteiger partial charge in [-0.1, -0.05) is 13.3 Å². The molecule has 0 bridgehead atoms. The molecule has 1 atom stereocenters. The lowest BCUT2D eigenvalue weighted by Crippen LogP contribution is -2.45. The SMILES string of the molecule is CCCCN(C1CC1)C(CN)CC(=O)NC. The molecule has 1 fully saturated rings. The fourth-order valence-electron chi connectivity index (χ4n) is 2.06. The summed E-state index contributed by atoms with van der Waals surface area (Å²) in [6.45, 7) is 3.86.